The Labute approximate surface area is 118 Å². The van der Waals surface area contributed by atoms with Gasteiger partial charge in [0.2, 0.25) is 0 Å². The van der Waals surface area contributed by atoms with Crippen LogP contribution in [0.3, 0.4) is 0 Å². The zero-order valence-corrected chi connectivity index (χ0v) is 12.6. The minimum atomic E-state index is 0.479. The van der Waals surface area contributed by atoms with E-state index in [1.165, 1.54) is 45.1 Å². The van der Waals surface area contributed by atoms with Crippen LogP contribution in [-0.2, 0) is 0 Å². The molecule has 1 saturated heterocycles. The fraction of sp³-hybridized carbons (Fsp3) is 0.933. The van der Waals surface area contributed by atoms with Crippen molar-refractivity contribution in [1.82, 2.24) is 9.80 Å². The van der Waals surface area contributed by atoms with Crippen LogP contribution in [0.5, 0.6) is 0 Å². The second-order valence-corrected chi connectivity index (χ2v) is 6.15. The molecule has 4 heteroatoms. The summed E-state index contributed by atoms with van der Waals surface area (Å²) in [5, 5.41) is 0. The standard InChI is InChI=1S/C15H30N4/c1-3-14-12-18(2)10-7-11-19(14)15(16)17-13-8-5-4-6-9-13/h13-14H,3-12H2,1-2H3,(H2,16,17). The van der Waals surface area contributed by atoms with E-state index in [9.17, 15) is 0 Å². The lowest BCUT2D eigenvalue weighted by molar-refractivity contribution is 0.260. The molecule has 2 rings (SSSR count). The first kappa shape index (κ1) is 14.6. The molecule has 1 atom stereocenters. The zero-order chi connectivity index (χ0) is 13.7. The maximum Gasteiger partial charge on any atom is 0.191 e. The summed E-state index contributed by atoms with van der Waals surface area (Å²) in [7, 11) is 2.21. The number of nitrogens with two attached hydrogens (primary N) is 1. The Bertz CT molecular complexity index is 297. The second kappa shape index (κ2) is 7.13. The van der Waals surface area contributed by atoms with Gasteiger partial charge in [0.15, 0.2) is 5.96 Å². The molecule has 1 aliphatic carbocycles. The lowest BCUT2D eigenvalue weighted by Crippen LogP contribution is -2.47. The van der Waals surface area contributed by atoms with Crippen LogP contribution in [0.2, 0.25) is 0 Å². The Morgan fingerprint density at radius 2 is 1.89 bits per heavy atom. The summed E-state index contributed by atoms with van der Waals surface area (Å²) in [5.41, 5.74) is 6.32. The smallest absolute Gasteiger partial charge is 0.191 e. The fourth-order valence-corrected chi connectivity index (χ4v) is 3.37. The van der Waals surface area contributed by atoms with Crippen LogP contribution in [0.25, 0.3) is 0 Å². The normalized spacial score (nSPS) is 28.4. The second-order valence-electron chi connectivity index (χ2n) is 6.15. The Hall–Kier alpha value is -0.770. The molecule has 1 aliphatic heterocycles. The van der Waals surface area contributed by atoms with Gasteiger partial charge in [-0.3, -0.25) is 0 Å². The summed E-state index contributed by atoms with van der Waals surface area (Å²) in [6, 6.07) is 1.01. The van der Waals surface area contributed by atoms with E-state index in [2.05, 4.69) is 23.8 Å². The van der Waals surface area contributed by atoms with Crippen LogP contribution in [-0.4, -0.2) is 54.5 Å². The average Bonchev–Trinajstić information content (AvgIpc) is 2.61. The molecule has 0 spiro atoms. The maximum atomic E-state index is 6.32. The van der Waals surface area contributed by atoms with Gasteiger partial charge in [0.05, 0.1) is 6.04 Å². The summed E-state index contributed by atoms with van der Waals surface area (Å²) >= 11 is 0. The Morgan fingerprint density at radius 1 is 1.16 bits per heavy atom. The van der Waals surface area contributed by atoms with E-state index in [1.54, 1.807) is 0 Å². The van der Waals surface area contributed by atoms with Gasteiger partial charge >= 0.3 is 0 Å². The zero-order valence-electron chi connectivity index (χ0n) is 12.6. The van der Waals surface area contributed by atoms with E-state index in [-0.39, 0.29) is 0 Å². The highest BCUT2D eigenvalue weighted by Gasteiger charge is 2.24. The van der Waals surface area contributed by atoms with Crippen LogP contribution < -0.4 is 5.73 Å². The van der Waals surface area contributed by atoms with Crippen molar-refractivity contribution in [2.24, 2.45) is 10.7 Å². The van der Waals surface area contributed by atoms with Crippen LogP contribution in [0.4, 0.5) is 0 Å². The molecule has 0 bridgehead atoms. The van der Waals surface area contributed by atoms with Gasteiger partial charge in [-0.25, -0.2) is 4.99 Å². The highest BCUT2D eigenvalue weighted by Crippen LogP contribution is 2.21. The minimum absolute atomic E-state index is 0.479. The molecule has 1 heterocycles. The number of nitrogens with zero attached hydrogens (tertiary/aromatic N) is 3. The first-order valence-corrected chi connectivity index (χ1v) is 7.99. The van der Waals surface area contributed by atoms with Crippen LogP contribution in [0.1, 0.15) is 51.9 Å². The quantitative estimate of drug-likeness (QED) is 0.614. The van der Waals surface area contributed by atoms with E-state index in [0.29, 0.717) is 12.1 Å². The molecule has 0 radical (unpaired) electrons. The number of guanidine groups is 1. The Balaban J connectivity index is 2.01. The minimum Gasteiger partial charge on any atom is -0.370 e. The van der Waals surface area contributed by atoms with Crippen molar-refractivity contribution >= 4 is 5.96 Å². The SMILES string of the molecule is CCC1CN(C)CCCN1C(N)=NC1CCCCC1. The van der Waals surface area contributed by atoms with Crippen molar-refractivity contribution < 1.29 is 0 Å². The van der Waals surface area contributed by atoms with Gasteiger partial charge in [-0.1, -0.05) is 26.2 Å². The van der Waals surface area contributed by atoms with E-state index >= 15 is 0 Å². The molecular weight excluding hydrogens is 236 g/mol. The molecular formula is C15H30N4. The van der Waals surface area contributed by atoms with Gasteiger partial charge in [-0.15, -0.1) is 0 Å². The first-order valence-electron chi connectivity index (χ1n) is 7.99. The summed E-state index contributed by atoms with van der Waals surface area (Å²) < 4.78 is 0. The highest BCUT2D eigenvalue weighted by molar-refractivity contribution is 5.78. The number of hydrogen-bond acceptors (Lipinski definition) is 2. The maximum absolute atomic E-state index is 6.32. The Morgan fingerprint density at radius 3 is 2.58 bits per heavy atom. The third kappa shape index (κ3) is 4.10. The number of likely N-dealkylation sites (N-methyl/N-ethyl adjacent to an activating group) is 1. The van der Waals surface area contributed by atoms with Gasteiger partial charge in [0.1, 0.15) is 0 Å². The topological polar surface area (TPSA) is 44.9 Å². The summed E-state index contributed by atoms with van der Waals surface area (Å²) in [6.45, 7) is 5.59. The molecule has 0 amide bonds. The average molecular weight is 266 g/mol. The van der Waals surface area contributed by atoms with Crippen molar-refractivity contribution in [1.29, 1.82) is 0 Å². The number of aliphatic imine (C=N–C) groups is 1. The first-order chi connectivity index (χ1) is 9.20. The third-order valence-electron chi connectivity index (χ3n) is 4.56. The lowest BCUT2D eigenvalue weighted by atomic mass is 9.96. The molecule has 0 aromatic carbocycles. The molecule has 0 aromatic heterocycles. The molecule has 1 unspecified atom stereocenters. The molecule has 4 nitrogen and oxygen atoms in total. The van der Waals surface area contributed by atoms with E-state index in [1.807, 2.05) is 0 Å². The van der Waals surface area contributed by atoms with E-state index < -0.39 is 0 Å². The van der Waals surface area contributed by atoms with Crippen molar-refractivity contribution in [3.8, 4) is 0 Å². The summed E-state index contributed by atoms with van der Waals surface area (Å²) in [4.78, 5) is 9.60. The van der Waals surface area contributed by atoms with Gasteiger partial charge in [0, 0.05) is 19.1 Å². The molecule has 110 valence electrons. The monoisotopic (exact) mass is 266 g/mol. The third-order valence-corrected chi connectivity index (χ3v) is 4.56. The van der Waals surface area contributed by atoms with Gasteiger partial charge in [0.25, 0.3) is 0 Å². The van der Waals surface area contributed by atoms with Crippen LogP contribution in [0, 0.1) is 0 Å². The lowest BCUT2D eigenvalue weighted by Gasteiger charge is -2.32. The summed E-state index contributed by atoms with van der Waals surface area (Å²) in [5.74, 6) is 0.800. The van der Waals surface area contributed by atoms with Crippen molar-refractivity contribution in [3.63, 3.8) is 0 Å². The van der Waals surface area contributed by atoms with Crippen LogP contribution in [0.15, 0.2) is 4.99 Å². The van der Waals surface area contributed by atoms with E-state index in [4.69, 9.17) is 10.7 Å². The number of rotatable bonds is 2. The molecule has 2 N–H and O–H groups in total. The molecule has 2 fully saturated rings. The van der Waals surface area contributed by atoms with Crippen molar-refractivity contribution in [2.75, 3.05) is 26.7 Å². The van der Waals surface area contributed by atoms with E-state index in [0.717, 1.165) is 25.5 Å². The largest absolute Gasteiger partial charge is 0.370 e. The van der Waals surface area contributed by atoms with Crippen molar-refractivity contribution in [2.45, 2.75) is 64.0 Å². The van der Waals surface area contributed by atoms with Gasteiger partial charge in [-0.05, 0) is 39.3 Å². The summed E-state index contributed by atoms with van der Waals surface area (Å²) in [6.07, 6.45) is 8.80. The molecule has 19 heavy (non-hydrogen) atoms. The van der Waals surface area contributed by atoms with Gasteiger partial charge in [-0.2, -0.15) is 0 Å². The number of hydrogen-bond donors (Lipinski definition) is 1. The Kier molecular flexibility index (Phi) is 5.49. The molecule has 2 aliphatic rings. The van der Waals surface area contributed by atoms with Crippen LogP contribution >= 0.6 is 0 Å². The molecule has 0 aromatic rings. The predicted octanol–water partition coefficient (Wildman–Crippen LogP) is 2.05. The van der Waals surface area contributed by atoms with Crippen molar-refractivity contribution in [3.05, 3.63) is 0 Å². The fourth-order valence-electron chi connectivity index (χ4n) is 3.37. The molecule has 1 saturated carbocycles. The van der Waals surface area contributed by atoms with Gasteiger partial charge < -0.3 is 15.5 Å². The predicted molar refractivity (Wildman–Crippen MR) is 81.4 cm³/mol. The highest BCUT2D eigenvalue weighted by atomic mass is 15.3.